The Bertz CT molecular complexity index is 1870. The molecule has 1 amide bonds. The van der Waals surface area contributed by atoms with Crippen molar-refractivity contribution in [3.63, 3.8) is 0 Å². The Morgan fingerprint density at radius 3 is 2.50 bits per heavy atom. The Labute approximate surface area is 248 Å². The first-order valence-electron chi connectivity index (χ1n) is 14.4. The number of carbonyl (C=O) groups is 1. The smallest absolute Gasteiger partial charge is 0.263 e. The number of nitrogens with zero attached hydrogens (tertiary/aromatic N) is 2. The number of fused-ring (bicyclic) bond motifs is 5. The minimum atomic E-state index is -0.211. The molecule has 0 aliphatic heterocycles. The van der Waals surface area contributed by atoms with Crippen LogP contribution in [0.3, 0.4) is 0 Å². The third-order valence-electron chi connectivity index (χ3n) is 8.67. The molecule has 1 heterocycles. The molecule has 1 N–H and O–H groups in total. The SMILES string of the molecule is COc1ccc(-n2c(SCC(=O)Nc3cccc4ccccc34)nc3c(c2=O)C2(CCCC2)Cc2ccccc2-3)cc1. The van der Waals surface area contributed by atoms with E-state index in [9.17, 15) is 9.59 Å². The van der Waals surface area contributed by atoms with Crippen LogP contribution in [-0.2, 0) is 16.6 Å². The van der Waals surface area contributed by atoms with E-state index in [4.69, 9.17) is 9.72 Å². The number of aromatic nitrogens is 2. The average Bonchev–Trinajstić information content (AvgIpc) is 3.48. The topological polar surface area (TPSA) is 73.2 Å². The maximum Gasteiger partial charge on any atom is 0.263 e. The van der Waals surface area contributed by atoms with Gasteiger partial charge in [0.2, 0.25) is 5.91 Å². The maximum atomic E-state index is 14.6. The molecule has 1 spiro atoms. The van der Waals surface area contributed by atoms with E-state index in [2.05, 4.69) is 23.5 Å². The Balaban J connectivity index is 1.31. The number of ether oxygens (including phenoxy) is 1. The zero-order chi connectivity index (χ0) is 28.7. The predicted octanol–water partition coefficient (Wildman–Crippen LogP) is 7.16. The number of nitrogens with one attached hydrogen (secondary N) is 1. The van der Waals surface area contributed by atoms with Crippen LogP contribution in [0.15, 0.2) is 101 Å². The molecule has 0 bridgehead atoms. The van der Waals surface area contributed by atoms with Crippen molar-refractivity contribution in [2.24, 2.45) is 0 Å². The summed E-state index contributed by atoms with van der Waals surface area (Å²) >= 11 is 1.29. The number of anilines is 1. The molecular weight excluding hydrogens is 542 g/mol. The molecule has 0 unspecified atom stereocenters. The zero-order valence-electron chi connectivity index (χ0n) is 23.4. The largest absolute Gasteiger partial charge is 0.497 e. The van der Waals surface area contributed by atoms with Crippen LogP contribution in [0.1, 0.15) is 36.8 Å². The van der Waals surface area contributed by atoms with Crippen LogP contribution in [0.5, 0.6) is 5.75 Å². The Morgan fingerprint density at radius 1 is 0.952 bits per heavy atom. The summed E-state index contributed by atoms with van der Waals surface area (Å²) in [5, 5.41) is 5.62. The maximum absolute atomic E-state index is 14.6. The second-order valence-corrected chi connectivity index (χ2v) is 12.1. The molecule has 1 fully saturated rings. The number of thioether (sulfide) groups is 1. The normalized spacial score (nSPS) is 14.9. The fraction of sp³-hybridized carbons (Fsp3) is 0.229. The lowest BCUT2D eigenvalue weighted by Gasteiger charge is -2.36. The number of hydrogen-bond acceptors (Lipinski definition) is 5. The molecule has 7 heteroatoms. The molecule has 5 aromatic rings. The van der Waals surface area contributed by atoms with Crippen molar-refractivity contribution in [3.05, 3.63) is 112 Å². The summed E-state index contributed by atoms with van der Waals surface area (Å²) in [4.78, 5) is 33.1. The minimum Gasteiger partial charge on any atom is -0.497 e. The second kappa shape index (κ2) is 10.8. The fourth-order valence-electron chi connectivity index (χ4n) is 6.72. The minimum absolute atomic E-state index is 0.0430. The summed E-state index contributed by atoms with van der Waals surface area (Å²) in [5.41, 5.74) is 5.07. The standard InChI is InChI=1S/C35H31N3O3S/c1-41-26-17-15-25(16-18-26)38-33(40)31-32(28-13-5-3-10-24(28)21-35(31)19-6-7-20-35)37-34(38)42-22-30(39)36-29-14-8-11-23-9-2-4-12-27(23)29/h2-5,8-18H,6-7,19-22H2,1H3,(H,36,39). The van der Waals surface area contributed by atoms with Crippen molar-refractivity contribution in [1.29, 1.82) is 0 Å². The van der Waals surface area contributed by atoms with Gasteiger partial charge in [-0.15, -0.1) is 0 Å². The molecule has 2 aliphatic carbocycles. The van der Waals surface area contributed by atoms with E-state index in [1.165, 1.54) is 17.3 Å². The number of carbonyl (C=O) groups excluding carboxylic acids is 1. The van der Waals surface area contributed by atoms with E-state index in [0.29, 0.717) is 16.6 Å². The number of hydrogen-bond donors (Lipinski definition) is 1. The Hall–Kier alpha value is -4.36. The van der Waals surface area contributed by atoms with Gasteiger partial charge in [0, 0.05) is 22.1 Å². The molecule has 0 radical (unpaired) electrons. The summed E-state index contributed by atoms with van der Waals surface area (Å²) in [7, 11) is 1.62. The first-order valence-corrected chi connectivity index (χ1v) is 15.4. The van der Waals surface area contributed by atoms with Gasteiger partial charge in [-0.25, -0.2) is 4.98 Å². The number of benzene rings is 4. The molecule has 4 aromatic carbocycles. The predicted molar refractivity (Wildman–Crippen MR) is 169 cm³/mol. The van der Waals surface area contributed by atoms with Crippen molar-refractivity contribution in [1.82, 2.24) is 9.55 Å². The highest BCUT2D eigenvalue weighted by Crippen LogP contribution is 2.50. The van der Waals surface area contributed by atoms with E-state index in [0.717, 1.165) is 65.4 Å². The van der Waals surface area contributed by atoms with Gasteiger partial charge in [0.25, 0.3) is 5.56 Å². The summed E-state index contributed by atoms with van der Waals surface area (Å²) in [5.74, 6) is 0.664. The van der Waals surface area contributed by atoms with Crippen molar-refractivity contribution in [3.8, 4) is 22.7 Å². The van der Waals surface area contributed by atoms with Gasteiger partial charge < -0.3 is 10.1 Å². The summed E-state index contributed by atoms with van der Waals surface area (Å²) in [6, 6.07) is 29.6. The zero-order valence-corrected chi connectivity index (χ0v) is 24.2. The van der Waals surface area contributed by atoms with E-state index >= 15 is 0 Å². The fourth-order valence-corrected chi connectivity index (χ4v) is 7.52. The van der Waals surface area contributed by atoms with Crippen LogP contribution in [0.25, 0.3) is 27.7 Å². The van der Waals surface area contributed by atoms with Gasteiger partial charge in [0.05, 0.1) is 29.8 Å². The van der Waals surface area contributed by atoms with Crippen molar-refractivity contribution < 1.29 is 9.53 Å². The molecule has 2 aliphatic rings. The third kappa shape index (κ3) is 4.58. The van der Waals surface area contributed by atoms with E-state index in [1.807, 2.05) is 72.8 Å². The highest BCUT2D eigenvalue weighted by Gasteiger charge is 2.44. The number of amides is 1. The lowest BCUT2D eigenvalue weighted by molar-refractivity contribution is -0.113. The van der Waals surface area contributed by atoms with E-state index in [1.54, 1.807) is 11.7 Å². The summed E-state index contributed by atoms with van der Waals surface area (Å²) < 4.78 is 7.07. The van der Waals surface area contributed by atoms with Crippen LogP contribution in [0.2, 0.25) is 0 Å². The molecule has 6 nitrogen and oxygen atoms in total. The van der Waals surface area contributed by atoms with E-state index < -0.39 is 0 Å². The summed E-state index contributed by atoms with van der Waals surface area (Å²) in [6.07, 6.45) is 5.03. The molecule has 1 aromatic heterocycles. The number of rotatable bonds is 6. The quantitative estimate of drug-likeness (QED) is 0.172. The van der Waals surface area contributed by atoms with Crippen molar-refractivity contribution >= 4 is 34.1 Å². The first-order chi connectivity index (χ1) is 20.6. The highest BCUT2D eigenvalue weighted by molar-refractivity contribution is 7.99. The van der Waals surface area contributed by atoms with Crippen LogP contribution in [0.4, 0.5) is 5.69 Å². The molecule has 1 saturated carbocycles. The van der Waals surface area contributed by atoms with Crippen molar-refractivity contribution in [2.75, 3.05) is 18.2 Å². The molecule has 42 heavy (non-hydrogen) atoms. The van der Waals surface area contributed by atoms with Gasteiger partial charge in [-0.3, -0.25) is 14.2 Å². The van der Waals surface area contributed by atoms with Gasteiger partial charge in [-0.1, -0.05) is 85.3 Å². The van der Waals surface area contributed by atoms with Gasteiger partial charge in [0.15, 0.2) is 5.16 Å². The van der Waals surface area contributed by atoms with Crippen LogP contribution in [-0.4, -0.2) is 28.3 Å². The molecule has 210 valence electrons. The molecule has 0 atom stereocenters. The first kappa shape index (κ1) is 26.5. The summed E-state index contributed by atoms with van der Waals surface area (Å²) in [6.45, 7) is 0. The van der Waals surface area contributed by atoms with Crippen molar-refractivity contribution in [2.45, 2.75) is 42.7 Å². The molecular formula is C35H31N3O3S. The van der Waals surface area contributed by atoms with Crippen LogP contribution >= 0.6 is 11.8 Å². The van der Waals surface area contributed by atoms with Crippen LogP contribution < -0.4 is 15.6 Å². The monoisotopic (exact) mass is 573 g/mol. The Morgan fingerprint density at radius 2 is 1.69 bits per heavy atom. The van der Waals surface area contributed by atoms with Gasteiger partial charge >= 0.3 is 0 Å². The van der Waals surface area contributed by atoms with Gasteiger partial charge in [-0.2, -0.15) is 0 Å². The number of methoxy groups -OCH3 is 1. The van der Waals surface area contributed by atoms with Crippen LogP contribution in [0, 0.1) is 0 Å². The van der Waals surface area contributed by atoms with E-state index in [-0.39, 0.29) is 22.6 Å². The van der Waals surface area contributed by atoms with Gasteiger partial charge in [0.1, 0.15) is 5.75 Å². The lowest BCUT2D eigenvalue weighted by Crippen LogP contribution is -2.40. The Kier molecular flexibility index (Phi) is 6.82. The second-order valence-electron chi connectivity index (χ2n) is 11.1. The average molecular weight is 574 g/mol. The van der Waals surface area contributed by atoms with Gasteiger partial charge in [-0.05, 0) is 60.5 Å². The third-order valence-corrected chi connectivity index (χ3v) is 9.61. The highest BCUT2D eigenvalue weighted by atomic mass is 32.2. The molecule has 0 saturated heterocycles. The molecule has 7 rings (SSSR count). The lowest BCUT2D eigenvalue weighted by atomic mass is 9.68.